The van der Waals surface area contributed by atoms with Crippen LogP contribution in [0.1, 0.15) is 107 Å². The molecule has 70 heavy (non-hydrogen) atoms. The van der Waals surface area contributed by atoms with Crippen LogP contribution < -0.4 is 15.4 Å². The molecule has 1 aliphatic carbocycles. The van der Waals surface area contributed by atoms with E-state index < -0.39 is 47.9 Å². The highest BCUT2D eigenvalue weighted by molar-refractivity contribution is 7.11. The van der Waals surface area contributed by atoms with E-state index in [1.54, 1.807) is 28.6 Å². The Labute approximate surface area is 407 Å². The Morgan fingerprint density at radius 1 is 0.857 bits per heavy atom. The first-order chi connectivity index (χ1) is 33.5. The molecule has 3 fully saturated rings. The highest BCUT2D eigenvalue weighted by Crippen LogP contribution is 2.52. The van der Waals surface area contributed by atoms with Crippen LogP contribution in [-0.4, -0.2) is 108 Å². The SMILES string of the molecule is COC(=O)N[C@H](C(=O)N1CCC[C@H]1c1ncc(-c2cc(F)c3c(c2)OC(c2cnc(C4(C)CC4)s2)n2c-3cc3cc(-c4cnc([C@@]5(O)CCCN5C(=O)[C@@H](NC(=O)OC)C(C)C)[nH]4)ccc32)[nH]1)C(C)C. The van der Waals surface area contributed by atoms with Gasteiger partial charge in [-0.3, -0.25) is 14.2 Å². The summed E-state index contributed by atoms with van der Waals surface area (Å²) in [5.41, 5.74) is 2.37. The number of halogens is 1. The predicted octanol–water partition coefficient (Wildman–Crippen LogP) is 7.87. The molecule has 4 aliphatic rings. The number of nitrogens with one attached hydrogen (secondary N) is 4. The quantitative estimate of drug-likeness (QED) is 0.0794. The summed E-state index contributed by atoms with van der Waals surface area (Å²) in [7, 11) is 2.49. The maximum absolute atomic E-state index is 17.0. The Morgan fingerprint density at radius 2 is 1.56 bits per heavy atom. The van der Waals surface area contributed by atoms with Crippen LogP contribution in [0.3, 0.4) is 0 Å². The van der Waals surface area contributed by atoms with Crippen molar-refractivity contribution in [1.29, 1.82) is 0 Å². The number of likely N-dealkylation sites (tertiary alicyclic amines) is 2. The fourth-order valence-electron chi connectivity index (χ4n) is 10.1. The number of ether oxygens (including phenoxy) is 3. The van der Waals surface area contributed by atoms with Gasteiger partial charge in [-0.25, -0.2) is 28.9 Å². The maximum atomic E-state index is 17.0. The van der Waals surface area contributed by atoms with Gasteiger partial charge in [-0.1, -0.05) is 40.7 Å². The van der Waals surface area contributed by atoms with Crippen molar-refractivity contribution in [1.82, 2.24) is 49.9 Å². The maximum Gasteiger partial charge on any atom is 0.407 e. The molecule has 2 saturated heterocycles. The summed E-state index contributed by atoms with van der Waals surface area (Å²) in [6.07, 6.45) is 7.29. The van der Waals surface area contributed by atoms with Crippen LogP contribution in [0.2, 0.25) is 0 Å². The van der Waals surface area contributed by atoms with Gasteiger partial charge in [0.2, 0.25) is 18.0 Å². The van der Waals surface area contributed by atoms with E-state index in [4.69, 9.17) is 24.2 Å². The number of alkyl carbamates (subject to hydrolysis) is 2. The van der Waals surface area contributed by atoms with E-state index in [-0.39, 0.29) is 48.0 Å². The van der Waals surface area contributed by atoms with E-state index in [1.165, 1.54) is 25.2 Å². The second kappa shape index (κ2) is 17.9. The molecular formula is C50H57FN10O8S. The van der Waals surface area contributed by atoms with Crippen LogP contribution in [0.25, 0.3) is 44.7 Å². The van der Waals surface area contributed by atoms with E-state index in [9.17, 15) is 24.3 Å². The molecule has 1 saturated carbocycles. The van der Waals surface area contributed by atoms with Crippen LogP contribution >= 0.6 is 11.3 Å². The molecule has 7 heterocycles. The number of H-pyrrole nitrogens is 2. The molecule has 0 spiro atoms. The average molecular weight is 977 g/mol. The van der Waals surface area contributed by atoms with E-state index in [2.05, 4.69) is 32.5 Å². The van der Waals surface area contributed by atoms with Gasteiger partial charge in [0.1, 0.15) is 29.5 Å². The minimum Gasteiger partial charge on any atom is -0.464 e. The fraction of sp³-hybridized carbons (Fsp3) is 0.460. The summed E-state index contributed by atoms with van der Waals surface area (Å²) >= 11 is 1.59. The minimum atomic E-state index is -1.75. The molecule has 0 radical (unpaired) electrons. The van der Waals surface area contributed by atoms with Gasteiger partial charge < -0.3 is 49.7 Å². The third-order valence-corrected chi connectivity index (χ3v) is 15.7. The molecule has 2 aromatic carbocycles. The lowest BCUT2D eigenvalue weighted by molar-refractivity contribution is -0.159. The Bertz CT molecular complexity index is 3030. The highest BCUT2D eigenvalue weighted by Gasteiger charge is 2.49. The van der Waals surface area contributed by atoms with Crippen LogP contribution in [0, 0.1) is 17.7 Å². The van der Waals surface area contributed by atoms with Gasteiger partial charge in [0, 0.05) is 47.6 Å². The number of carbonyl (C=O) groups is 4. The van der Waals surface area contributed by atoms with Crippen molar-refractivity contribution in [2.75, 3.05) is 27.3 Å². The van der Waals surface area contributed by atoms with Crippen molar-refractivity contribution >= 4 is 46.2 Å². The fourth-order valence-corrected chi connectivity index (χ4v) is 11.2. The van der Waals surface area contributed by atoms with E-state index in [0.717, 1.165) is 45.6 Å². The molecule has 4 amide bonds. The van der Waals surface area contributed by atoms with Gasteiger partial charge in [-0.2, -0.15) is 0 Å². The van der Waals surface area contributed by atoms with Crippen LogP contribution in [-0.2, 0) is 30.2 Å². The van der Waals surface area contributed by atoms with Gasteiger partial charge in [-0.05, 0) is 74.3 Å². The number of nitrogens with zero attached hydrogens (tertiary/aromatic N) is 6. The number of imidazole rings is 2. The first-order valence-electron chi connectivity index (χ1n) is 23.8. The lowest BCUT2D eigenvalue weighted by atomic mass is 10.0. The van der Waals surface area contributed by atoms with Gasteiger partial charge >= 0.3 is 12.2 Å². The first kappa shape index (κ1) is 46.9. The number of methoxy groups -OCH3 is 2. The van der Waals surface area contributed by atoms with Crippen LogP contribution in [0.15, 0.2) is 55.0 Å². The lowest BCUT2D eigenvalue weighted by Crippen LogP contribution is -2.56. The standard InChI is InChI=1S/C50H57FN10O8S/c1-25(2)39(57-47(64)67-6)42(62)59-16-8-10-34(59)41-52-22-32(55-41)28-19-30(51)38-35-20-29-18-27(11-12-33(29)61(35)44(69-36(38)21-28)37-24-54-46(70-37)49(5)14-15-49)31-23-53-45(56-31)50(66)13-9-17-60(50)43(63)40(26(3)4)58-48(65)68-7/h11-12,18-26,34,39-40,44,66H,8-10,13-17H2,1-7H3,(H,52,55)(H,53,56)(H,57,64)(H,58,65)/t34-,39-,40-,44?,50-/m0/s1. The largest absolute Gasteiger partial charge is 0.464 e. The minimum absolute atomic E-state index is 0.0195. The zero-order valence-corrected chi connectivity index (χ0v) is 40.9. The van der Waals surface area contributed by atoms with Crippen LogP contribution in [0.4, 0.5) is 14.0 Å². The van der Waals surface area contributed by atoms with E-state index >= 15 is 4.39 Å². The first-order valence-corrected chi connectivity index (χ1v) is 24.6. The molecule has 5 N–H and O–H groups in total. The molecule has 5 atom stereocenters. The van der Waals surface area contributed by atoms with Crippen molar-refractivity contribution in [2.24, 2.45) is 11.8 Å². The zero-order valence-electron chi connectivity index (χ0n) is 40.1. The summed E-state index contributed by atoms with van der Waals surface area (Å²) < 4.78 is 35.4. The van der Waals surface area contributed by atoms with Crippen molar-refractivity contribution in [2.45, 2.75) is 109 Å². The number of carbonyl (C=O) groups excluding carboxylic acids is 4. The molecule has 6 aromatic rings. The second-order valence-corrected chi connectivity index (χ2v) is 20.8. The predicted molar refractivity (Wildman–Crippen MR) is 257 cm³/mol. The number of hydrogen-bond acceptors (Lipinski definition) is 12. The summed E-state index contributed by atoms with van der Waals surface area (Å²) in [6.45, 7) is 10.3. The molecule has 1 unspecified atom stereocenters. The Hall–Kier alpha value is -6.80. The molecule has 0 bridgehead atoms. The Balaban J connectivity index is 0.980. The number of aliphatic hydroxyl groups is 1. The second-order valence-electron chi connectivity index (χ2n) is 19.7. The number of aromatic nitrogens is 6. The highest BCUT2D eigenvalue weighted by atomic mass is 32.1. The van der Waals surface area contributed by atoms with Crippen LogP contribution in [0.5, 0.6) is 5.75 Å². The molecular weight excluding hydrogens is 920 g/mol. The van der Waals surface area contributed by atoms with Crippen molar-refractivity contribution in [3.63, 3.8) is 0 Å². The number of hydrogen-bond donors (Lipinski definition) is 5. The number of thiazole rings is 1. The van der Waals surface area contributed by atoms with E-state index in [0.29, 0.717) is 59.2 Å². The van der Waals surface area contributed by atoms with Gasteiger partial charge in [0.15, 0.2) is 11.5 Å². The third-order valence-electron chi connectivity index (χ3n) is 14.3. The molecule has 10 rings (SSSR count). The zero-order chi connectivity index (χ0) is 49.4. The van der Waals surface area contributed by atoms with Gasteiger partial charge in [-0.15, -0.1) is 11.3 Å². The number of rotatable bonds is 12. The molecule has 4 aromatic heterocycles. The van der Waals surface area contributed by atoms with Gasteiger partial charge in [0.05, 0.1) is 70.7 Å². The third kappa shape index (κ3) is 8.13. The van der Waals surface area contributed by atoms with Crippen molar-refractivity contribution < 1.29 is 42.9 Å². The average Bonchev–Trinajstić information content (AvgIpc) is 4.12. The molecule has 18 nitrogen and oxygen atoms in total. The number of benzene rings is 2. The molecule has 3 aliphatic heterocycles. The van der Waals surface area contributed by atoms with E-state index in [1.807, 2.05) is 68.8 Å². The lowest BCUT2D eigenvalue weighted by Gasteiger charge is -2.35. The summed E-state index contributed by atoms with van der Waals surface area (Å²) in [6, 6.07) is 8.98. The topological polar surface area (TPSA) is 222 Å². The Kier molecular flexibility index (Phi) is 12.0. The summed E-state index contributed by atoms with van der Waals surface area (Å²) in [5, 5.41) is 19.2. The number of fused-ring (bicyclic) bond motifs is 5. The van der Waals surface area contributed by atoms with Gasteiger partial charge in [0.25, 0.3) is 0 Å². The van der Waals surface area contributed by atoms with Crippen molar-refractivity contribution in [3.8, 4) is 39.5 Å². The summed E-state index contributed by atoms with van der Waals surface area (Å²) in [5.74, 6) is -0.549. The Morgan fingerprint density at radius 3 is 2.26 bits per heavy atom. The van der Waals surface area contributed by atoms with Crippen molar-refractivity contribution in [3.05, 3.63) is 82.3 Å². The molecule has 20 heteroatoms. The summed E-state index contributed by atoms with van der Waals surface area (Å²) in [4.78, 5) is 76.7. The number of amides is 4. The number of aromatic amines is 2. The monoisotopic (exact) mass is 976 g/mol. The smallest absolute Gasteiger partial charge is 0.407 e. The molecule has 368 valence electrons. The normalized spacial score (nSPS) is 21.1.